The highest BCUT2D eigenvalue weighted by Gasteiger charge is 2.39. The molecule has 0 aliphatic carbocycles. The van der Waals surface area contributed by atoms with Gasteiger partial charge in [0.2, 0.25) is 5.90 Å². The van der Waals surface area contributed by atoms with Gasteiger partial charge in [0.25, 0.3) is 5.91 Å². The Morgan fingerprint density at radius 2 is 1.87 bits per heavy atom. The molecule has 1 amide bonds. The van der Waals surface area contributed by atoms with Crippen molar-refractivity contribution in [1.82, 2.24) is 15.3 Å². The van der Waals surface area contributed by atoms with Crippen molar-refractivity contribution in [3.05, 3.63) is 77.1 Å². The quantitative estimate of drug-likeness (QED) is 0.366. The minimum Gasteiger partial charge on any atom is -0.475 e. The molecule has 1 spiro atoms. The fraction of sp³-hybridized carbons (Fsp3) is 0.379. The molecule has 3 aromatic rings. The highest BCUT2D eigenvalue weighted by Crippen LogP contribution is 2.35. The van der Waals surface area contributed by atoms with Crippen molar-refractivity contribution in [3.8, 4) is 0 Å². The van der Waals surface area contributed by atoms with Crippen LogP contribution in [-0.4, -0.2) is 58.8 Å². The van der Waals surface area contributed by atoms with E-state index in [1.54, 1.807) is 18.3 Å². The number of hydrogen-bond donors (Lipinski definition) is 4. The maximum atomic E-state index is 12.3. The van der Waals surface area contributed by atoms with E-state index in [4.69, 9.17) is 19.5 Å². The molecule has 0 saturated carbocycles. The van der Waals surface area contributed by atoms with Crippen molar-refractivity contribution in [1.29, 1.82) is 0 Å². The Balaban J connectivity index is 1.34. The largest absolute Gasteiger partial charge is 0.475 e. The van der Waals surface area contributed by atoms with Crippen molar-refractivity contribution < 1.29 is 19.4 Å². The Morgan fingerprint density at radius 1 is 1.08 bits per heavy atom. The van der Waals surface area contributed by atoms with Crippen molar-refractivity contribution >= 4 is 29.1 Å². The summed E-state index contributed by atoms with van der Waals surface area (Å²) >= 11 is 0. The lowest BCUT2D eigenvalue weighted by atomic mass is 9.92. The maximum Gasteiger partial charge on any atom is 0.253 e. The van der Waals surface area contributed by atoms with E-state index in [1.807, 2.05) is 50.2 Å². The molecule has 0 unspecified atom stereocenters. The molecule has 4 N–H and O–H groups in total. The van der Waals surface area contributed by atoms with Crippen LogP contribution in [0.1, 0.15) is 59.9 Å². The predicted molar refractivity (Wildman–Crippen MR) is 147 cm³/mol. The molecule has 2 aromatic heterocycles. The maximum absolute atomic E-state index is 12.3. The van der Waals surface area contributed by atoms with E-state index in [9.17, 15) is 9.90 Å². The third-order valence-electron chi connectivity index (χ3n) is 7.50. The van der Waals surface area contributed by atoms with Crippen LogP contribution in [0.2, 0.25) is 0 Å². The number of carbonyl (C=O) groups excluding carboxylic acids is 1. The summed E-state index contributed by atoms with van der Waals surface area (Å²) in [5.41, 5.74) is 2.82. The van der Waals surface area contributed by atoms with Crippen LogP contribution in [0.5, 0.6) is 0 Å². The molecule has 3 aliphatic rings. The summed E-state index contributed by atoms with van der Waals surface area (Å²) in [5, 5.41) is 19.9. The van der Waals surface area contributed by atoms with Gasteiger partial charge in [0.15, 0.2) is 0 Å². The van der Waals surface area contributed by atoms with Gasteiger partial charge in [-0.25, -0.2) is 15.0 Å². The summed E-state index contributed by atoms with van der Waals surface area (Å²) in [4.78, 5) is 26.6. The summed E-state index contributed by atoms with van der Waals surface area (Å²) in [5.74, 6) is 1.53. The van der Waals surface area contributed by atoms with Crippen molar-refractivity contribution in [3.63, 3.8) is 0 Å². The molecule has 0 bridgehead atoms. The number of benzene rings is 1. The molecule has 202 valence electrons. The third kappa shape index (κ3) is 4.93. The van der Waals surface area contributed by atoms with Crippen molar-refractivity contribution in [2.24, 2.45) is 4.99 Å². The molecule has 1 atom stereocenters. The Morgan fingerprint density at radius 3 is 2.64 bits per heavy atom. The number of aliphatic imine (C=N–C) groups is 1. The summed E-state index contributed by atoms with van der Waals surface area (Å²) in [7, 11) is 0. The first-order valence-corrected chi connectivity index (χ1v) is 13.2. The van der Waals surface area contributed by atoms with Crippen molar-refractivity contribution in [2.75, 3.05) is 37.1 Å². The smallest absolute Gasteiger partial charge is 0.253 e. The van der Waals surface area contributed by atoms with Crippen LogP contribution in [0.4, 0.5) is 17.3 Å². The lowest BCUT2D eigenvalue weighted by Crippen LogP contribution is -2.35. The van der Waals surface area contributed by atoms with Crippen LogP contribution >= 0.6 is 0 Å². The van der Waals surface area contributed by atoms with Crippen LogP contribution in [-0.2, 0) is 15.0 Å². The van der Waals surface area contributed by atoms with Gasteiger partial charge in [-0.3, -0.25) is 4.79 Å². The van der Waals surface area contributed by atoms with Crippen molar-refractivity contribution in [2.45, 2.75) is 43.8 Å². The van der Waals surface area contributed by atoms with E-state index in [1.165, 1.54) is 0 Å². The first-order chi connectivity index (χ1) is 18.9. The molecule has 0 radical (unpaired) electrons. The first kappa shape index (κ1) is 25.3. The number of anilines is 3. The number of amides is 1. The van der Waals surface area contributed by atoms with E-state index in [0.29, 0.717) is 48.6 Å². The lowest BCUT2D eigenvalue weighted by Gasteiger charge is -2.28. The normalized spacial score (nSPS) is 19.6. The van der Waals surface area contributed by atoms with E-state index < -0.39 is 5.54 Å². The van der Waals surface area contributed by atoms with Gasteiger partial charge in [0.1, 0.15) is 23.8 Å². The molecular weight excluding hydrogens is 496 g/mol. The number of nitrogens with zero attached hydrogens (tertiary/aromatic N) is 3. The van der Waals surface area contributed by atoms with E-state index in [0.717, 1.165) is 29.7 Å². The van der Waals surface area contributed by atoms with Gasteiger partial charge in [-0.2, -0.15) is 0 Å². The van der Waals surface area contributed by atoms with Gasteiger partial charge in [-0.1, -0.05) is 30.3 Å². The second-order valence-electron chi connectivity index (χ2n) is 10.7. The van der Waals surface area contributed by atoms with Gasteiger partial charge in [-0.05, 0) is 44.4 Å². The minimum atomic E-state index is -0.559. The fourth-order valence-electron chi connectivity index (χ4n) is 5.28. The number of aliphatic hydroxyl groups is 1. The standard InChI is InChI=1S/C29H32N6O4/c1-28(2)25-19(26(37)34-28)8-9-23(33-25)32-24-14-21(31-22(16-36)18-6-4-3-5-7-18)20(15-30-24)27-35-29(17-39-27)10-12-38-13-11-29/h3-9,14-15,22,36H,10-13,16-17H2,1-2H3,(H,34,37)(H2,30,31,32,33)/t22-/m1/s1. The number of nitrogens with one attached hydrogen (secondary N) is 3. The van der Waals surface area contributed by atoms with Gasteiger partial charge in [0, 0.05) is 25.5 Å². The fourth-order valence-corrected chi connectivity index (χ4v) is 5.28. The number of aromatic nitrogens is 2. The molecule has 1 saturated heterocycles. The topological polar surface area (TPSA) is 130 Å². The molecule has 5 heterocycles. The molecule has 10 nitrogen and oxygen atoms in total. The second-order valence-corrected chi connectivity index (χ2v) is 10.7. The Bertz CT molecular complexity index is 1420. The van der Waals surface area contributed by atoms with Crippen LogP contribution < -0.4 is 16.0 Å². The molecule has 39 heavy (non-hydrogen) atoms. The van der Waals surface area contributed by atoms with Gasteiger partial charge >= 0.3 is 0 Å². The lowest BCUT2D eigenvalue weighted by molar-refractivity contribution is 0.0442. The van der Waals surface area contributed by atoms with Gasteiger partial charge < -0.3 is 30.5 Å². The Kier molecular flexibility index (Phi) is 6.44. The molecule has 10 heteroatoms. The van der Waals surface area contributed by atoms with Crippen LogP contribution in [0.3, 0.4) is 0 Å². The Hall–Kier alpha value is -4.02. The zero-order valence-corrected chi connectivity index (χ0v) is 22.0. The zero-order chi connectivity index (χ0) is 27.0. The van der Waals surface area contributed by atoms with Crippen LogP contribution in [0.15, 0.2) is 59.7 Å². The summed E-state index contributed by atoms with van der Waals surface area (Å²) < 4.78 is 11.7. The average molecular weight is 529 g/mol. The molecule has 1 aromatic carbocycles. The zero-order valence-electron chi connectivity index (χ0n) is 22.0. The van der Waals surface area contributed by atoms with Crippen LogP contribution in [0.25, 0.3) is 0 Å². The highest BCUT2D eigenvalue weighted by atomic mass is 16.5. The Labute approximate surface area is 226 Å². The van der Waals surface area contributed by atoms with E-state index >= 15 is 0 Å². The third-order valence-corrected chi connectivity index (χ3v) is 7.50. The van der Waals surface area contributed by atoms with E-state index in [2.05, 4.69) is 20.9 Å². The van der Waals surface area contributed by atoms with Crippen LogP contribution in [0, 0.1) is 0 Å². The van der Waals surface area contributed by atoms with Gasteiger partial charge in [0.05, 0.1) is 40.7 Å². The predicted octanol–water partition coefficient (Wildman–Crippen LogP) is 3.67. The number of aliphatic hydroxyl groups excluding tert-OH is 1. The molecular formula is C29H32N6O4. The number of hydrogen-bond acceptors (Lipinski definition) is 9. The number of ether oxygens (including phenoxy) is 2. The first-order valence-electron chi connectivity index (χ1n) is 13.2. The molecule has 3 aliphatic heterocycles. The number of carbonyl (C=O) groups is 1. The summed E-state index contributed by atoms with van der Waals surface area (Å²) in [6, 6.07) is 14.8. The minimum absolute atomic E-state index is 0.106. The monoisotopic (exact) mass is 528 g/mol. The highest BCUT2D eigenvalue weighted by molar-refractivity contribution is 6.01. The number of rotatable bonds is 7. The number of fused-ring (bicyclic) bond motifs is 1. The second kappa shape index (κ2) is 9.94. The summed E-state index contributed by atoms with van der Waals surface area (Å²) in [6.45, 7) is 5.58. The SMILES string of the molecule is CC1(C)NC(=O)c2ccc(Nc3cc(N[C@H](CO)c4ccccc4)c(C4=NC5(CCOCC5)CO4)cn3)nc21. The number of pyridine rings is 2. The molecule has 1 fully saturated rings. The molecule has 6 rings (SSSR count). The van der Waals surface area contributed by atoms with E-state index in [-0.39, 0.29) is 24.1 Å². The average Bonchev–Trinajstić information content (AvgIpc) is 3.44. The van der Waals surface area contributed by atoms with Gasteiger partial charge in [-0.15, -0.1) is 0 Å². The summed E-state index contributed by atoms with van der Waals surface area (Å²) in [6.07, 6.45) is 3.35.